The molecule has 21 heavy (non-hydrogen) atoms. The Labute approximate surface area is 118 Å². The summed E-state index contributed by atoms with van der Waals surface area (Å²) in [6.07, 6.45) is -4.91. The van der Waals surface area contributed by atoms with Gasteiger partial charge in [0.25, 0.3) is 5.91 Å². The molecule has 1 atom stereocenters. The van der Waals surface area contributed by atoms with Crippen LogP contribution in [0.5, 0.6) is 5.75 Å². The maximum Gasteiger partial charge on any atom is 0.573 e. The predicted molar refractivity (Wildman–Crippen MR) is 66.4 cm³/mol. The highest BCUT2D eigenvalue weighted by atomic mass is 19.4. The summed E-state index contributed by atoms with van der Waals surface area (Å²) in [6.45, 7) is 1.54. The van der Waals surface area contributed by atoms with Crippen LogP contribution in [-0.2, 0) is 14.3 Å². The van der Waals surface area contributed by atoms with Gasteiger partial charge in [-0.25, -0.2) is 4.79 Å². The summed E-state index contributed by atoms with van der Waals surface area (Å²) in [6, 6.07) is 3.22. The number of benzene rings is 1. The third kappa shape index (κ3) is 5.30. The van der Waals surface area contributed by atoms with Gasteiger partial charge in [0.15, 0.2) is 11.8 Å². The van der Waals surface area contributed by atoms with E-state index in [4.69, 9.17) is 5.73 Å². The molecule has 0 spiro atoms. The van der Waals surface area contributed by atoms with Crippen LogP contribution >= 0.6 is 0 Å². The van der Waals surface area contributed by atoms with Crippen molar-refractivity contribution in [1.29, 1.82) is 0 Å². The van der Waals surface area contributed by atoms with Gasteiger partial charge >= 0.3 is 12.3 Å². The zero-order valence-electron chi connectivity index (χ0n) is 10.9. The monoisotopic (exact) mass is 306 g/mol. The standard InChI is InChI=1S/C12H13F3N2O4/c1-2-20-11(19)9(16)10(18)17-7-5-3-4-6-8(7)21-12(13,14)15/h3-6,9H,2,16H2,1H3,(H,17,18). The number of nitrogens with two attached hydrogens (primary N) is 1. The van der Waals surface area contributed by atoms with E-state index in [1.807, 2.05) is 0 Å². The molecule has 0 aliphatic heterocycles. The first-order valence-electron chi connectivity index (χ1n) is 5.82. The zero-order chi connectivity index (χ0) is 16.0. The van der Waals surface area contributed by atoms with Gasteiger partial charge in [0.1, 0.15) is 0 Å². The van der Waals surface area contributed by atoms with Gasteiger partial charge in [-0.1, -0.05) is 12.1 Å². The molecule has 1 unspecified atom stereocenters. The van der Waals surface area contributed by atoms with Crippen molar-refractivity contribution in [3.8, 4) is 5.75 Å². The number of carbonyl (C=O) groups excluding carboxylic acids is 2. The Balaban J connectivity index is 2.83. The normalized spacial score (nSPS) is 12.4. The number of hydrogen-bond acceptors (Lipinski definition) is 5. The van der Waals surface area contributed by atoms with E-state index in [1.54, 1.807) is 0 Å². The lowest BCUT2D eigenvalue weighted by Gasteiger charge is -2.15. The summed E-state index contributed by atoms with van der Waals surface area (Å²) in [5.74, 6) is -2.61. The fourth-order valence-electron chi connectivity index (χ4n) is 1.33. The predicted octanol–water partition coefficient (Wildman–Crippen LogP) is 1.41. The number of anilines is 1. The minimum atomic E-state index is -4.91. The van der Waals surface area contributed by atoms with Crippen molar-refractivity contribution in [2.45, 2.75) is 19.3 Å². The molecule has 1 aromatic carbocycles. The Bertz CT molecular complexity index is 519. The lowest BCUT2D eigenvalue weighted by Crippen LogP contribution is -2.43. The molecule has 0 fully saturated rings. The van der Waals surface area contributed by atoms with Crippen molar-refractivity contribution in [2.24, 2.45) is 5.73 Å². The molecular formula is C12H13F3N2O4. The van der Waals surface area contributed by atoms with E-state index < -0.39 is 30.0 Å². The number of nitrogens with one attached hydrogen (secondary N) is 1. The summed E-state index contributed by atoms with van der Waals surface area (Å²) in [5, 5.41) is 2.08. The Hall–Kier alpha value is -2.29. The molecule has 0 aliphatic rings. The zero-order valence-corrected chi connectivity index (χ0v) is 10.9. The molecule has 0 aromatic heterocycles. The van der Waals surface area contributed by atoms with Crippen LogP contribution in [0.4, 0.5) is 18.9 Å². The molecule has 0 saturated heterocycles. The second-order valence-electron chi connectivity index (χ2n) is 3.76. The molecule has 6 nitrogen and oxygen atoms in total. The molecule has 0 radical (unpaired) electrons. The first kappa shape index (κ1) is 16.8. The van der Waals surface area contributed by atoms with Gasteiger partial charge in [0.2, 0.25) is 0 Å². The third-order valence-corrected chi connectivity index (χ3v) is 2.19. The Morgan fingerprint density at radius 3 is 2.52 bits per heavy atom. The Morgan fingerprint density at radius 1 is 1.33 bits per heavy atom. The SMILES string of the molecule is CCOC(=O)C(N)C(=O)Nc1ccccc1OC(F)(F)F. The highest BCUT2D eigenvalue weighted by molar-refractivity contribution is 6.08. The molecule has 1 amide bonds. The molecule has 0 heterocycles. The maximum atomic E-state index is 12.2. The minimum absolute atomic E-state index is 0.0214. The molecule has 0 saturated carbocycles. The fraction of sp³-hybridized carbons (Fsp3) is 0.333. The van der Waals surface area contributed by atoms with Gasteiger partial charge < -0.3 is 20.5 Å². The topological polar surface area (TPSA) is 90.7 Å². The number of alkyl halides is 3. The quantitative estimate of drug-likeness (QED) is 0.634. The van der Waals surface area contributed by atoms with Gasteiger partial charge in [-0.05, 0) is 19.1 Å². The summed E-state index contributed by atoms with van der Waals surface area (Å²) in [5.41, 5.74) is 5.06. The van der Waals surface area contributed by atoms with Crippen molar-refractivity contribution in [1.82, 2.24) is 0 Å². The van der Waals surface area contributed by atoms with Gasteiger partial charge in [-0.15, -0.1) is 13.2 Å². The van der Waals surface area contributed by atoms with Gasteiger partial charge in [-0.3, -0.25) is 4.79 Å². The van der Waals surface area contributed by atoms with Crippen LogP contribution in [0, 0.1) is 0 Å². The van der Waals surface area contributed by atoms with Crippen molar-refractivity contribution in [3.05, 3.63) is 24.3 Å². The number of ether oxygens (including phenoxy) is 2. The van der Waals surface area contributed by atoms with Crippen LogP contribution in [-0.4, -0.2) is 30.9 Å². The lowest BCUT2D eigenvalue weighted by atomic mass is 10.2. The lowest BCUT2D eigenvalue weighted by molar-refractivity contribution is -0.274. The minimum Gasteiger partial charge on any atom is -0.464 e. The highest BCUT2D eigenvalue weighted by Gasteiger charge is 2.32. The number of amides is 1. The summed E-state index contributed by atoms with van der Waals surface area (Å²) < 4.78 is 44.9. The average molecular weight is 306 g/mol. The van der Waals surface area contributed by atoms with Crippen molar-refractivity contribution < 1.29 is 32.2 Å². The van der Waals surface area contributed by atoms with E-state index in [9.17, 15) is 22.8 Å². The van der Waals surface area contributed by atoms with E-state index >= 15 is 0 Å². The van der Waals surface area contributed by atoms with E-state index in [1.165, 1.54) is 25.1 Å². The van der Waals surface area contributed by atoms with E-state index in [2.05, 4.69) is 14.8 Å². The third-order valence-electron chi connectivity index (χ3n) is 2.19. The van der Waals surface area contributed by atoms with E-state index in [-0.39, 0.29) is 12.3 Å². The largest absolute Gasteiger partial charge is 0.573 e. The molecule has 0 aliphatic carbocycles. The van der Waals surface area contributed by atoms with Gasteiger partial charge in [-0.2, -0.15) is 0 Å². The van der Waals surface area contributed by atoms with Crippen LogP contribution in [0.15, 0.2) is 24.3 Å². The molecule has 1 aromatic rings. The van der Waals surface area contributed by atoms with Gasteiger partial charge in [0, 0.05) is 0 Å². The Kier molecular flexibility index (Phi) is 5.53. The number of esters is 1. The highest BCUT2D eigenvalue weighted by Crippen LogP contribution is 2.29. The van der Waals surface area contributed by atoms with Crippen LogP contribution in [0.1, 0.15) is 6.92 Å². The molecule has 3 N–H and O–H groups in total. The smallest absolute Gasteiger partial charge is 0.464 e. The Morgan fingerprint density at radius 2 is 1.95 bits per heavy atom. The van der Waals surface area contributed by atoms with Crippen molar-refractivity contribution >= 4 is 17.6 Å². The summed E-state index contributed by atoms with van der Waals surface area (Å²) in [4.78, 5) is 22.9. The number of rotatable bonds is 5. The average Bonchev–Trinajstić information content (AvgIpc) is 2.38. The van der Waals surface area contributed by atoms with Gasteiger partial charge in [0.05, 0.1) is 12.3 Å². The maximum absolute atomic E-state index is 12.2. The van der Waals surface area contributed by atoms with E-state index in [0.717, 1.165) is 6.07 Å². The first-order chi connectivity index (χ1) is 9.74. The number of para-hydroxylation sites is 2. The van der Waals surface area contributed by atoms with Crippen LogP contribution < -0.4 is 15.8 Å². The summed E-state index contributed by atoms with van der Waals surface area (Å²) in [7, 11) is 0. The fourth-order valence-corrected chi connectivity index (χ4v) is 1.33. The molecule has 0 bridgehead atoms. The van der Waals surface area contributed by atoms with E-state index in [0.29, 0.717) is 0 Å². The second-order valence-corrected chi connectivity index (χ2v) is 3.76. The number of halogens is 3. The van der Waals surface area contributed by atoms with Crippen molar-refractivity contribution in [3.63, 3.8) is 0 Å². The number of hydrogen-bond donors (Lipinski definition) is 2. The number of carbonyl (C=O) groups is 2. The summed E-state index contributed by atoms with van der Waals surface area (Å²) >= 11 is 0. The van der Waals surface area contributed by atoms with Crippen LogP contribution in [0.2, 0.25) is 0 Å². The molecule has 9 heteroatoms. The first-order valence-corrected chi connectivity index (χ1v) is 5.82. The molecular weight excluding hydrogens is 293 g/mol. The van der Waals surface area contributed by atoms with Crippen LogP contribution in [0.3, 0.4) is 0 Å². The second kappa shape index (κ2) is 6.93. The molecule has 116 valence electrons. The van der Waals surface area contributed by atoms with Crippen molar-refractivity contribution in [2.75, 3.05) is 11.9 Å². The molecule has 1 rings (SSSR count). The van der Waals surface area contributed by atoms with Crippen LogP contribution in [0.25, 0.3) is 0 Å².